The minimum Gasteiger partial charge on any atom is -0.377 e. The van der Waals surface area contributed by atoms with Crippen molar-refractivity contribution in [2.45, 2.75) is 32.0 Å². The Bertz CT molecular complexity index is 734. The topological polar surface area (TPSA) is 51.4 Å². The highest BCUT2D eigenvalue weighted by molar-refractivity contribution is 7.09. The Morgan fingerprint density at radius 2 is 2.25 bits per heavy atom. The highest BCUT2D eigenvalue weighted by Gasteiger charge is 2.21. The molecule has 1 unspecified atom stereocenters. The van der Waals surface area contributed by atoms with Gasteiger partial charge < -0.3 is 9.26 Å². The zero-order valence-electron chi connectivity index (χ0n) is 13.3. The molecule has 4 heterocycles. The van der Waals surface area contributed by atoms with Crippen LogP contribution in [0.2, 0.25) is 0 Å². The van der Waals surface area contributed by atoms with E-state index < -0.39 is 0 Å². The van der Waals surface area contributed by atoms with Gasteiger partial charge in [-0.2, -0.15) is 16.3 Å². The monoisotopic (exact) mass is 361 g/mol. The predicted octanol–water partition coefficient (Wildman–Crippen LogP) is 4.04. The van der Waals surface area contributed by atoms with Crippen molar-refractivity contribution >= 4 is 22.7 Å². The largest absolute Gasteiger partial charge is 0.377 e. The number of ether oxygens (including phenoxy) is 1. The van der Waals surface area contributed by atoms with Crippen LogP contribution in [0.15, 0.2) is 38.9 Å². The second-order valence-corrected chi connectivity index (χ2v) is 7.72. The van der Waals surface area contributed by atoms with E-state index in [1.165, 1.54) is 4.88 Å². The first-order chi connectivity index (χ1) is 11.9. The molecule has 126 valence electrons. The van der Waals surface area contributed by atoms with Crippen molar-refractivity contribution in [2.75, 3.05) is 13.2 Å². The lowest BCUT2D eigenvalue weighted by Gasteiger charge is -2.23. The maximum Gasteiger partial charge on any atom is 0.241 e. The van der Waals surface area contributed by atoms with Crippen LogP contribution in [0, 0.1) is 0 Å². The molecule has 3 aromatic heterocycles. The van der Waals surface area contributed by atoms with Crippen LogP contribution in [0.25, 0.3) is 11.4 Å². The Balaban J connectivity index is 1.46. The lowest BCUT2D eigenvalue weighted by Crippen LogP contribution is -2.31. The van der Waals surface area contributed by atoms with E-state index in [2.05, 4.69) is 32.6 Å². The van der Waals surface area contributed by atoms with Gasteiger partial charge in [0.25, 0.3) is 0 Å². The SMILES string of the molecule is c1csc(CN(Cc2nc(-c3ccsc3)no2)CC2CCCO2)c1. The molecule has 0 saturated carbocycles. The van der Waals surface area contributed by atoms with Gasteiger partial charge in [-0.15, -0.1) is 11.3 Å². The summed E-state index contributed by atoms with van der Waals surface area (Å²) in [5.74, 6) is 1.32. The van der Waals surface area contributed by atoms with Crippen LogP contribution >= 0.6 is 22.7 Å². The number of hydrogen-bond acceptors (Lipinski definition) is 7. The van der Waals surface area contributed by atoms with Gasteiger partial charge in [-0.05, 0) is 35.7 Å². The van der Waals surface area contributed by atoms with Crippen LogP contribution in [-0.4, -0.2) is 34.3 Å². The zero-order valence-corrected chi connectivity index (χ0v) is 14.9. The third-order valence-corrected chi connectivity index (χ3v) is 5.60. The van der Waals surface area contributed by atoms with E-state index in [1.54, 1.807) is 22.7 Å². The van der Waals surface area contributed by atoms with Gasteiger partial charge in [-0.1, -0.05) is 11.2 Å². The third-order valence-electron chi connectivity index (χ3n) is 4.05. The molecule has 0 aliphatic carbocycles. The van der Waals surface area contributed by atoms with Gasteiger partial charge in [0.05, 0.1) is 12.6 Å². The first kappa shape index (κ1) is 16.0. The number of thiophene rings is 2. The molecule has 1 atom stereocenters. The predicted molar refractivity (Wildman–Crippen MR) is 95.0 cm³/mol. The third kappa shape index (κ3) is 3.92. The molecule has 1 saturated heterocycles. The van der Waals surface area contributed by atoms with Crippen LogP contribution in [0.1, 0.15) is 23.6 Å². The summed E-state index contributed by atoms with van der Waals surface area (Å²) in [5.41, 5.74) is 1.01. The lowest BCUT2D eigenvalue weighted by molar-refractivity contribution is 0.0644. The van der Waals surface area contributed by atoms with E-state index >= 15 is 0 Å². The van der Waals surface area contributed by atoms with Crippen molar-refractivity contribution in [2.24, 2.45) is 0 Å². The molecule has 1 aliphatic rings. The minimum absolute atomic E-state index is 0.309. The summed E-state index contributed by atoms with van der Waals surface area (Å²) in [4.78, 5) is 8.22. The van der Waals surface area contributed by atoms with Gasteiger partial charge in [0.2, 0.25) is 11.7 Å². The molecule has 0 N–H and O–H groups in total. The van der Waals surface area contributed by atoms with Crippen molar-refractivity contribution in [1.29, 1.82) is 0 Å². The van der Waals surface area contributed by atoms with Gasteiger partial charge in [0.15, 0.2) is 0 Å². The van der Waals surface area contributed by atoms with Crippen LogP contribution < -0.4 is 0 Å². The maximum absolute atomic E-state index is 5.80. The van der Waals surface area contributed by atoms with E-state index in [4.69, 9.17) is 9.26 Å². The van der Waals surface area contributed by atoms with Crippen LogP contribution in [0.3, 0.4) is 0 Å². The molecular weight excluding hydrogens is 342 g/mol. The number of nitrogens with zero attached hydrogens (tertiary/aromatic N) is 3. The van der Waals surface area contributed by atoms with Gasteiger partial charge in [0, 0.05) is 35.5 Å². The van der Waals surface area contributed by atoms with Crippen molar-refractivity contribution in [3.8, 4) is 11.4 Å². The van der Waals surface area contributed by atoms with Crippen molar-refractivity contribution in [3.05, 3.63) is 45.1 Å². The van der Waals surface area contributed by atoms with E-state index in [0.717, 1.165) is 38.1 Å². The van der Waals surface area contributed by atoms with Crippen molar-refractivity contribution < 1.29 is 9.26 Å². The van der Waals surface area contributed by atoms with E-state index in [-0.39, 0.29) is 0 Å². The van der Waals surface area contributed by atoms with Gasteiger partial charge in [0.1, 0.15) is 0 Å². The van der Waals surface area contributed by atoms with Crippen LogP contribution in [0.5, 0.6) is 0 Å². The standard InChI is InChI=1S/C17H19N3O2S2/c1-3-14(21-6-1)9-20(10-15-4-2-7-24-15)11-16-18-17(19-22-16)13-5-8-23-12-13/h2,4-5,7-8,12,14H,1,3,6,9-11H2. The molecule has 0 radical (unpaired) electrons. The number of hydrogen-bond donors (Lipinski definition) is 0. The van der Waals surface area contributed by atoms with Crippen molar-refractivity contribution in [1.82, 2.24) is 15.0 Å². The van der Waals surface area contributed by atoms with Gasteiger partial charge >= 0.3 is 0 Å². The van der Waals surface area contributed by atoms with Gasteiger partial charge in [-0.25, -0.2) is 0 Å². The summed E-state index contributed by atoms with van der Waals surface area (Å²) in [7, 11) is 0. The Morgan fingerprint density at radius 3 is 3.00 bits per heavy atom. The fourth-order valence-corrected chi connectivity index (χ4v) is 4.28. The van der Waals surface area contributed by atoms with Gasteiger partial charge in [-0.3, -0.25) is 4.90 Å². The summed E-state index contributed by atoms with van der Waals surface area (Å²) in [5, 5.41) is 10.3. The highest BCUT2D eigenvalue weighted by atomic mass is 32.1. The molecule has 4 rings (SSSR count). The highest BCUT2D eigenvalue weighted by Crippen LogP contribution is 2.21. The maximum atomic E-state index is 5.80. The molecule has 0 aromatic carbocycles. The fourth-order valence-electron chi connectivity index (χ4n) is 2.90. The van der Waals surface area contributed by atoms with Crippen LogP contribution in [0.4, 0.5) is 0 Å². The second-order valence-electron chi connectivity index (χ2n) is 5.91. The molecule has 0 bridgehead atoms. The number of aromatic nitrogens is 2. The Kier molecular flexibility index (Phi) is 5.03. The number of rotatable bonds is 7. The molecule has 0 spiro atoms. The summed E-state index contributed by atoms with van der Waals surface area (Å²) >= 11 is 3.41. The molecule has 7 heteroatoms. The lowest BCUT2D eigenvalue weighted by atomic mass is 10.2. The molecule has 1 fully saturated rings. The Labute approximate surface area is 148 Å². The minimum atomic E-state index is 0.309. The zero-order chi connectivity index (χ0) is 16.2. The van der Waals surface area contributed by atoms with E-state index in [0.29, 0.717) is 24.4 Å². The Hall–Kier alpha value is -1.54. The van der Waals surface area contributed by atoms with E-state index in [9.17, 15) is 0 Å². The summed E-state index contributed by atoms with van der Waals surface area (Å²) < 4.78 is 11.3. The molecule has 5 nitrogen and oxygen atoms in total. The molecule has 3 aromatic rings. The molecular formula is C17H19N3O2S2. The molecule has 0 amide bonds. The van der Waals surface area contributed by atoms with E-state index in [1.807, 2.05) is 16.8 Å². The Morgan fingerprint density at radius 1 is 1.25 bits per heavy atom. The second kappa shape index (κ2) is 7.57. The smallest absolute Gasteiger partial charge is 0.241 e. The normalized spacial score (nSPS) is 17.8. The molecule has 1 aliphatic heterocycles. The quantitative estimate of drug-likeness (QED) is 0.636. The summed E-state index contributed by atoms with van der Waals surface area (Å²) in [6, 6.07) is 6.26. The average Bonchev–Trinajstić information content (AvgIpc) is 3.37. The van der Waals surface area contributed by atoms with Crippen LogP contribution in [-0.2, 0) is 17.8 Å². The first-order valence-corrected chi connectivity index (χ1v) is 9.90. The summed E-state index contributed by atoms with van der Waals surface area (Å²) in [6.07, 6.45) is 2.59. The fraction of sp³-hybridized carbons (Fsp3) is 0.412. The first-order valence-electron chi connectivity index (χ1n) is 8.08. The van der Waals surface area contributed by atoms with Crippen molar-refractivity contribution in [3.63, 3.8) is 0 Å². The molecule has 24 heavy (non-hydrogen) atoms. The average molecular weight is 361 g/mol. The summed E-state index contributed by atoms with van der Waals surface area (Å²) in [6.45, 7) is 3.30.